The summed E-state index contributed by atoms with van der Waals surface area (Å²) in [5, 5.41) is 3.97. The molecular weight excluding hydrogens is 282 g/mol. The van der Waals surface area contributed by atoms with Crippen LogP contribution < -0.4 is 4.90 Å². The van der Waals surface area contributed by atoms with Crippen molar-refractivity contribution in [3.63, 3.8) is 0 Å². The van der Waals surface area contributed by atoms with Crippen molar-refractivity contribution in [2.45, 2.75) is 25.8 Å². The lowest BCUT2D eigenvalue weighted by Gasteiger charge is -2.22. The molecule has 0 N–H and O–H groups in total. The van der Waals surface area contributed by atoms with Crippen LogP contribution in [0.15, 0.2) is 22.9 Å². The predicted molar refractivity (Wildman–Crippen MR) is 80.6 cm³/mol. The van der Waals surface area contributed by atoms with E-state index in [1.54, 1.807) is 25.3 Å². The Morgan fingerprint density at radius 2 is 2.27 bits per heavy atom. The number of aryl methyl sites for hydroxylation is 1. The summed E-state index contributed by atoms with van der Waals surface area (Å²) in [6.45, 7) is 2.46. The van der Waals surface area contributed by atoms with Crippen molar-refractivity contribution < 1.29 is 9.32 Å². The van der Waals surface area contributed by atoms with Crippen LogP contribution in [0.4, 0.5) is 5.82 Å². The molecule has 2 aromatic heterocycles. The van der Waals surface area contributed by atoms with Crippen molar-refractivity contribution >= 4 is 11.7 Å². The smallest absolute Gasteiger partial charge is 0.254 e. The number of amides is 1. The summed E-state index contributed by atoms with van der Waals surface area (Å²) in [7, 11) is 3.80. The Labute approximate surface area is 128 Å². The van der Waals surface area contributed by atoms with Crippen molar-refractivity contribution in [2.24, 2.45) is 0 Å². The molecule has 7 heteroatoms. The van der Waals surface area contributed by atoms with Crippen LogP contribution in [0.2, 0.25) is 0 Å². The third-order valence-corrected chi connectivity index (χ3v) is 3.81. The lowest BCUT2D eigenvalue weighted by atomic mass is 10.1. The molecule has 1 aliphatic heterocycles. The third kappa shape index (κ3) is 2.66. The quantitative estimate of drug-likeness (QED) is 0.860. The monoisotopic (exact) mass is 301 g/mol. The molecule has 1 aliphatic rings. The summed E-state index contributed by atoms with van der Waals surface area (Å²) >= 11 is 0. The maximum atomic E-state index is 12.8. The number of rotatable bonds is 3. The molecule has 116 valence electrons. The summed E-state index contributed by atoms with van der Waals surface area (Å²) in [6, 6.07) is 3.44. The zero-order chi connectivity index (χ0) is 15.7. The van der Waals surface area contributed by atoms with Crippen LogP contribution in [0.5, 0.6) is 0 Å². The number of likely N-dealkylation sites (tertiary alicyclic amines) is 1. The van der Waals surface area contributed by atoms with Crippen LogP contribution in [-0.2, 0) is 0 Å². The van der Waals surface area contributed by atoms with Gasteiger partial charge in [-0.2, -0.15) is 4.98 Å². The molecule has 0 bridgehead atoms. The Balaban J connectivity index is 1.86. The van der Waals surface area contributed by atoms with Crippen LogP contribution >= 0.6 is 0 Å². The topological polar surface area (TPSA) is 75.4 Å². The van der Waals surface area contributed by atoms with E-state index in [2.05, 4.69) is 15.1 Å². The second-order valence-electron chi connectivity index (χ2n) is 5.63. The van der Waals surface area contributed by atoms with E-state index >= 15 is 0 Å². The van der Waals surface area contributed by atoms with Gasteiger partial charge in [0.05, 0.1) is 6.04 Å². The largest absolute Gasteiger partial charge is 0.363 e. The first-order valence-electron chi connectivity index (χ1n) is 7.31. The van der Waals surface area contributed by atoms with Gasteiger partial charge < -0.3 is 14.3 Å². The van der Waals surface area contributed by atoms with Crippen molar-refractivity contribution in [1.82, 2.24) is 20.0 Å². The Bertz CT molecular complexity index is 682. The minimum atomic E-state index is -0.110. The molecule has 1 saturated heterocycles. The summed E-state index contributed by atoms with van der Waals surface area (Å²) in [5.41, 5.74) is 0.630. The molecule has 0 aromatic carbocycles. The van der Waals surface area contributed by atoms with Gasteiger partial charge in [0, 0.05) is 39.3 Å². The summed E-state index contributed by atoms with van der Waals surface area (Å²) in [6.07, 6.45) is 3.46. The minimum absolute atomic E-state index is 0.0181. The van der Waals surface area contributed by atoms with Gasteiger partial charge in [-0.15, -0.1) is 0 Å². The molecule has 0 unspecified atom stereocenters. The van der Waals surface area contributed by atoms with Crippen molar-refractivity contribution in [1.29, 1.82) is 0 Å². The molecule has 1 atom stereocenters. The van der Waals surface area contributed by atoms with Crippen LogP contribution in [-0.4, -0.2) is 46.6 Å². The van der Waals surface area contributed by atoms with E-state index in [4.69, 9.17) is 4.52 Å². The lowest BCUT2D eigenvalue weighted by molar-refractivity contribution is 0.0728. The van der Waals surface area contributed by atoms with E-state index in [9.17, 15) is 4.79 Å². The first-order chi connectivity index (χ1) is 10.6. The highest BCUT2D eigenvalue weighted by molar-refractivity contribution is 5.95. The fourth-order valence-electron chi connectivity index (χ4n) is 2.69. The van der Waals surface area contributed by atoms with Crippen LogP contribution in [0.3, 0.4) is 0 Å². The number of aromatic nitrogens is 3. The zero-order valence-electron chi connectivity index (χ0n) is 13.0. The van der Waals surface area contributed by atoms with Gasteiger partial charge in [0.1, 0.15) is 5.82 Å². The molecule has 1 amide bonds. The standard InChI is InChI=1S/C15H19N5O2/c1-10-17-14(18-22-10)12-5-4-8-20(12)15(21)11-6-7-16-13(9-11)19(2)3/h6-7,9,12H,4-5,8H2,1-3H3/t12-/m0/s1. The number of nitrogens with zero attached hydrogens (tertiary/aromatic N) is 5. The van der Waals surface area contributed by atoms with Gasteiger partial charge in [-0.25, -0.2) is 4.98 Å². The number of hydrogen-bond donors (Lipinski definition) is 0. The van der Waals surface area contributed by atoms with Gasteiger partial charge in [0.25, 0.3) is 5.91 Å². The fourth-order valence-corrected chi connectivity index (χ4v) is 2.69. The highest BCUT2D eigenvalue weighted by Gasteiger charge is 2.33. The first kappa shape index (κ1) is 14.5. The Hall–Kier alpha value is -2.44. The molecule has 0 spiro atoms. The van der Waals surface area contributed by atoms with Gasteiger partial charge in [-0.05, 0) is 25.0 Å². The highest BCUT2D eigenvalue weighted by Crippen LogP contribution is 2.31. The number of carbonyl (C=O) groups is 1. The minimum Gasteiger partial charge on any atom is -0.363 e. The van der Waals surface area contributed by atoms with E-state index in [1.165, 1.54) is 0 Å². The molecule has 3 heterocycles. The molecule has 0 saturated carbocycles. The summed E-state index contributed by atoms with van der Waals surface area (Å²) < 4.78 is 5.05. The second-order valence-corrected chi connectivity index (χ2v) is 5.63. The van der Waals surface area contributed by atoms with Gasteiger partial charge >= 0.3 is 0 Å². The van der Waals surface area contributed by atoms with Crippen LogP contribution in [0.1, 0.15) is 41.0 Å². The van der Waals surface area contributed by atoms with Crippen LogP contribution in [0, 0.1) is 6.92 Å². The summed E-state index contributed by atoms with van der Waals surface area (Å²) in [4.78, 5) is 25.0. The van der Waals surface area contributed by atoms with Gasteiger partial charge in [-0.3, -0.25) is 4.79 Å². The molecule has 0 radical (unpaired) electrons. The van der Waals surface area contributed by atoms with Crippen molar-refractivity contribution in [2.75, 3.05) is 25.5 Å². The molecule has 1 fully saturated rings. The average molecular weight is 301 g/mol. The van der Waals surface area contributed by atoms with E-state index in [0.29, 0.717) is 23.8 Å². The maximum absolute atomic E-state index is 12.8. The molecule has 3 rings (SSSR count). The van der Waals surface area contributed by atoms with E-state index in [0.717, 1.165) is 18.7 Å². The van der Waals surface area contributed by atoms with Crippen molar-refractivity contribution in [3.8, 4) is 0 Å². The van der Waals surface area contributed by atoms with Gasteiger partial charge in [-0.1, -0.05) is 5.16 Å². The number of pyridine rings is 1. The molecular formula is C15H19N5O2. The van der Waals surface area contributed by atoms with Gasteiger partial charge in [0.2, 0.25) is 5.89 Å². The molecule has 0 aliphatic carbocycles. The lowest BCUT2D eigenvalue weighted by Crippen LogP contribution is -2.31. The third-order valence-electron chi connectivity index (χ3n) is 3.81. The SMILES string of the molecule is Cc1nc([C@@H]2CCCN2C(=O)c2ccnc(N(C)C)c2)no1. The Morgan fingerprint density at radius 1 is 1.45 bits per heavy atom. The highest BCUT2D eigenvalue weighted by atomic mass is 16.5. The normalized spacial score (nSPS) is 17.8. The van der Waals surface area contributed by atoms with E-state index in [1.807, 2.05) is 23.9 Å². The summed E-state index contributed by atoms with van der Waals surface area (Å²) in [5.74, 6) is 1.85. The number of hydrogen-bond acceptors (Lipinski definition) is 6. The Morgan fingerprint density at radius 3 is 2.95 bits per heavy atom. The van der Waals surface area contributed by atoms with Crippen molar-refractivity contribution in [3.05, 3.63) is 35.6 Å². The molecule has 2 aromatic rings. The zero-order valence-corrected chi connectivity index (χ0v) is 13.0. The maximum Gasteiger partial charge on any atom is 0.254 e. The fraction of sp³-hybridized carbons (Fsp3) is 0.467. The van der Waals surface area contributed by atoms with E-state index < -0.39 is 0 Å². The number of carbonyl (C=O) groups excluding carboxylic acids is 1. The average Bonchev–Trinajstić information content (AvgIpc) is 3.15. The number of anilines is 1. The van der Waals surface area contributed by atoms with E-state index in [-0.39, 0.29) is 11.9 Å². The first-order valence-corrected chi connectivity index (χ1v) is 7.31. The Kier molecular flexibility index (Phi) is 3.79. The van der Waals surface area contributed by atoms with Gasteiger partial charge in [0.15, 0.2) is 5.82 Å². The molecule has 22 heavy (non-hydrogen) atoms. The second kappa shape index (κ2) is 5.75. The predicted octanol–water partition coefficient (Wildman–Crippen LogP) is 1.82. The molecule has 7 nitrogen and oxygen atoms in total. The van der Waals surface area contributed by atoms with Crippen LogP contribution in [0.25, 0.3) is 0 Å².